The molecule has 0 aromatic carbocycles. The molecular weight excluding hydrogens is 194 g/mol. The van der Waals surface area contributed by atoms with Crippen LogP contribution in [0.15, 0.2) is 16.8 Å². The van der Waals surface area contributed by atoms with Crippen LogP contribution in [0.1, 0.15) is 25.3 Å². The van der Waals surface area contributed by atoms with Gasteiger partial charge in [-0.05, 0) is 41.3 Å². The van der Waals surface area contributed by atoms with Crippen molar-refractivity contribution in [1.82, 2.24) is 0 Å². The van der Waals surface area contributed by atoms with Gasteiger partial charge in [0.15, 0.2) is 0 Å². The van der Waals surface area contributed by atoms with Crippen LogP contribution in [0.5, 0.6) is 0 Å². The number of thiophene rings is 1. The van der Waals surface area contributed by atoms with E-state index >= 15 is 0 Å². The Morgan fingerprint density at radius 3 is 3.00 bits per heavy atom. The van der Waals surface area contributed by atoms with Crippen LogP contribution in [0.25, 0.3) is 0 Å². The lowest BCUT2D eigenvalue weighted by atomic mass is 10.0. The quantitative estimate of drug-likeness (QED) is 0.784. The summed E-state index contributed by atoms with van der Waals surface area (Å²) in [4.78, 5) is 11.5. The minimum Gasteiger partial charge on any atom is -0.330 e. The van der Waals surface area contributed by atoms with E-state index in [1.54, 1.807) is 11.3 Å². The molecule has 0 aliphatic carbocycles. The van der Waals surface area contributed by atoms with E-state index in [2.05, 4.69) is 6.92 Å². The molecule has 1 heterocycles. The summed E-state index contributed by atoms with van der Waals surface area (Å²) >= 11 is 1.64. The minimum absolute atomic E-state index is 0.323. The minimum atomic E-state index is 0.323. The Morgan fingerprint density at radius 2 is 2.43 bits per heavy atom. The first kappa shape index (κ1) is 11.4. The van der Waals surface area contributed by atoms with Crippen LogP contribution in [-0.4, -0.2) is 12.3 Å². The van der Waals surface area contributed by atoms with Gasteiger partial charge in [0.05, 0.1) is 0 Å². The molecule has 1 atom stereocenters. The second-order valence-electron chi connectivity index (χ2n) is 3.73. The number of carbonyl (C=O) groups excluding carboxylic acids is 1. The average Bonchev–Trinajstić information content (AvgIpc) is 2.66. The maximum absolute atomic E-state index is 11.5. The first-order valence-corrected chi connectivity index (χ1v) is 5.89. The van der Waals surface area contributed by atoms with Crippen molar-refractivity contribution >= 4 is 17.1 Å². The topological polar surface area (TPSA) is 43.1 Å². The number of ketones is 1. The number of carbonyl (C=O) groups is 1. The fourth-order valence-electron chi connectivity index (χ4n) is 1.23. The molecule has 0 radical (unpaired) electrons. The molecule has 0 spiro atoms. The Bertz CT molecular complexity index is 269. The lowest BCUT2D eigenvalue weighted by Gasteiger charge is -2.06. The number of nitrogens with two attached hydrogens (primary N) is 1. The van der Waals surface area contributed by atoms with E-state index in [4.69, 9.17) is 5.73 Å². The SMILES string of the molecule is CC(CN)CCC(=O)Cc1ccsc1. The molecule has 14 heavy (non-hydrogen) atoms. The normalized spacial score (nSPS) is 12.7. The Balaban J connectivity index is 2.23. The van der Waals surface area contributed by atoms with E-state index in [1.165, 1.54) is 0 Å². The number of Topliss-reactive ketones (excluding diaryl/α,β-unsaturated/α-hetero) is 1. The molecule has 1 aromatic heterocycles. The fourth-order valence-corrected chi connectivity index (χ4v) is 1.90. The van der Waals surface area contributed by atoms with Crippen molar-refractivity contribution < 1.29 is 4.79 Å². The standard InChI is InChI=1S/C11H17NOS/c1-9(7-12)2-3-11(13)6-10-4-5-14-8-10/h4-5,8-9H,2-3,6-7,12H2,1H3. The van der Waals surface area contributed by atoms with Crippen LogP contribution in [0, 0.1) is 5.92 Å². The molecule has 0 fully saturated rings. The highest BCUT2D eigenvalue weighted by Gasteiger charge is 2.06. The molecular formula is C11H17NOS. The second kappa shape index (κ2) is 5.94. The maximum Gasteiger partial charge on any atom is 0.137 e. The summed E-state index contributed by atoms with van der Waals surface area (Å²) in [5.41, 5.74) is 6.62. The molecule has 2 N–H and O–H groups in total. The van der Waals surface area contributed by atoms with E-state index in [-0.39, 0.29) is 0 Å². The third-order valence-electron chi connectivity index (χ3n) is 2.30. The number of hydrogen-bond acceptors (Lipinski definition) is 3. The van der Waals surface area contributed by atoms with Crippen molar-refractivity contribution in [1.29, 1.82) is 0 Å². The third kappa shape index (κ3) is 4.03. The molecule has 2 nitrogen and oxygen atoms in total. The zero-order chi connectivity index (χ0) is 10.4. The van der Waals surface area contributed by atoms with Gasteiger partial charge in [0.2, 0.25) is 0 Å². The fraction of sp³-hybridized carbons (Fsp3) is 0.545. The Hall–Kier alpha value is -0.670. The van der Waals surface area contributed by atoms with Gasteiger partial charge in [0.25, 0.3) is 0 Å². The van der Waals surface area contributed by atoms with E-state index in [0.29, 0.717) is 31.1 Å². The van der Waals surface area contributed by atoms with Crippen LogP contribution in [0.4, 0.5) is 0 Å². The lowest BCUT2D eigenvalue weighted by molar-refractivity contribution is -0.118. The van der Waals surface area contributed by atoms with Gasteiger partial charge in [0, 0.05) is 12.8 Å². The van der Waals surface area contributed by atoms with Gasteiger partial charge in [0.1, 0.15) is 5.78 Å². The number of hydrogen-bond donors (Lipinski definition) is 1. The summed E-state index contributed by atoms with van der Waals surface area (Å²) in [5, 5.41) is 4.04. The van der Waals surface area contributed by atoms with Crippen molar-refractivity contribution in [2.75, 3.05) is 6.54 Å². The van der Waals surface area contributed by atoms with E-state index in [0.717, 1.165) is 12.0 Å². The first-order chi connectivity index (χ1) is 6.72. The molecule has 0 amide bonds. The Kier molecular flexibility index (Phi) is 4.84. The maximum atomic E-state index is 11.5. The van der Waals surface area contributed by atoms with E-state index in [1.807, 2.05) is 16.8 Å². The molecule has 0 aliphatic rings. The van der Waals surface area contributed by atoms with Gasteiger partial charge < -0.3 is 5.73 Å². The van der Waals surface area contributed by atoms with Gasteiger partial charge in [-0.2, -0.15) is 11.3 Å². The highest BCUT2D eigenvalue weighted by molar-refractivity contribution is 7.07. The molecule has 1 aromatic rings. The van der Waals surface area contributed by atoms with Crippen LogP contribution in [-0.2, 0) is 11.2 Å². The molecule has 1 rings (SSSR count). The summed E-state index contributed by atoms with van der Waals surface area (Å²) in [5.74, 6) is 0.783. The van der Waals surface area contributed by atoms with E-state index < -0.39 is 0 Å². The van der Waals surface area contributed by atoms with Crippen molar-refractivity contribution in [3.8, 4) is 0 Å². The number of rotatable bonds is 6. The van der Waals surface area contributed by atoms with Gasteiger partial charge in [-0.25, -0.2) is 0 Å². The van der Waals surface area contributed by atoms with Crippen molar-refractivity contribution in [3.05, 3.63) is 22.4 Å². The summed E-state index contributed by atoms with van der Waals surface area (Å²) < 4.78 is 0. The lowest BCUT2D eigenvalue weighted by Crippen LogP contribution is -2.13. The second-order valence-corrected chi connectivity index (χ2v) is 4.51. The molecule has 3 heteroatoms. The third-order valence-corrected chi connectivity index (χ3v) is 3.03. The predicted octanol–water partition coefficient (Wildman–Crippen LogP) is 2.23. The van der Waals surface area contributed by atoms with Crippen LogP contribution < -0.4 is 5.73 Å². The molecule has 0 bridgehead atoms. The van der Waals surface area contributed by atoms with Gasteiger partial charge in [-0.15, -0.1) is 0 Å². The first-order valence-electron chi connectivity index (χ1n) is 4.95. The molecule has 78 valence electrons. The predicted molar refractivity (Wildman–Crippen MR) is 60.5 cm³/mol. The zero-order valence-corrected chi connectivity index (χ0v) is 9.35. The highest BCUT2D eigenvalue weighted by Crippen LogP contribution is 2.10. The van der Waals surface area contributed by atoms with Crippen molar-refractivity contribution in [2.24, 2.45) is 11.7 Å². The van der Waals surface area contributed by atoms with Crippen LogP contribution >= 0.6 is 11.3 Å². The molecule has 0 aliphatic heterocycles. The smallest absolute Gasteiger partial charge is 0.137 e. The average molecular weight is 211 g/mol. The van der Waals surface area contributed by atoms with Gasteiger partial charge in [-0.1, -0.05) is 6.92 Å². The van der Waals surface area contributed by atoms with Crippen LogP contribution in [0.2, 0.25) is 0 Å². The van der Waals surface area contributed by atoms with Gasteiger partial charge in [-0.3, -0.25) is 4.79 Å². The summed E-state index contributed by atoms with van der Waals surface area (Å²) in [6.45, 7) is 2.75. The van der Waals surface area contributed by atoms with Crippen molar-refractivity contribution in [3.63, 3.8) is 0 Å². The molecule has 1 unspecified atom stereocenters. The Morgan fingerprint density at radius 1 is 1.64 bits per heavy atom. The summed E-state index contributed by atoms with van der Waals surface area (Å²) in [6.07, 6.45) is 2.16. The van der Waals surface area contributed by atoms with Gasteiger partial charge >= 0.3 is 0 Å². The molecule has 0 saturated carbocycles. The molecule has 0 saturated heterocycles. The van der Waals surface area contributed by atoms with Crippen molar-refractivity contribution in [2.45, 2.75) is 26.2 Å². The zero-order valence-electron chi connectivity index (χ0n) is 8.53. The monoisotopic (exact) mass is 211 g/mol. The summed E-state index contributed by atoms with van der Waals surface area (Å²) in [6, 6.07) is 2.01. The highest BCUT2D eigenvalue weighted by atomic mass is 32.1. The largest absolute Gasteiger partial charge is 0.330 e. The Labute approximate surface area is 89.1 Å². The summed E-state index contributed by atoms with van der Waals surface area (Å²) in [7, 11) is 0. The van der Waals surface area contributed by atoms with Crippen LogP contribution in [0.3, 0.4) is 0 Å². The van der Waals surface area contributed by atoms with E-state index in [9.17, 15) is 4.79 Å².